The van der Waals surface area contributed by atoms with Crippen molar-refractivity contribution in [2.24, 2.45) is 4.99 Å². The zero-order valence-corrected chi connectivity index (χ0v) is 21.6. The lowest BCUT2D eigenvalue weighted by Gasteiger charge is -2.29. The summed E-state index contributed by atoms with van der Waals surface area (Å²) in [6.07, 6.45) is 4.28. The fraction of sp³-hybridized carbons (Fsp3) is 0.323. The predicted octanol–water partition coefficient (Wildman–Crippen LogP) is 6.69. The van der Waals surface area contributed by atoms with Crippen LogP contribution in [-0.4, -0.2) is 30.1 Å². The van der Waals surface area contributed by atoms with Crippen molar-refractivity contribution in [3.63, 3.8) is 0 Å². The van der Waals surface area contributed by atoms with Gasteiger partial charge in [0.2, 0.25) is 0 Å². The number of Topliss-reactive ketones (excluding diaryl/α,β-unsaturated/α-hetero) is 1. The van der Waals surface area contributed by atoms with Crippen molar-refractivity contribution in [1.29, 1.82) is 0 Å². The first-order valence-electron chi connectivity index (χ1n) is 12.6. The van der Waals surface area contributed by atoms with Crippen molar-refractivity contribution >= 4 is 23.1 Å². The number of amides is 1. The van der Waals surface area contributed by atoms with Gasteiger partial charge in [0.15, 0.2) is 5.78 Å². The predicted molar refractivity (Wildman–Crippen MR) is 146 cm³/mol. The van der Waals surface area contributed by atoms with Gasteiger partial charge in [-0.15, -0.1) is 0 Å². The number of hydrogen-bond acceptors (Lipinski definition) is 4. The first kappa shape index (κ1) is 25.4. The van der Waals surface area contributed by atoms with E-state index in [2.05, 4.69) is 32.2 Å². The Hall–Kier alpha value is -3.73. The molecule has 0 atom stereocenters. The quantitative estimate of drug-likeness (QED) is 0.346. The van der Waals surface area contributed by atoms with Gasteiger partial charge in [-0.3, -0.25) is 14.6 Å². The summed E-state index contributed by atoms with van der Waals surface area (Å²) < 4.78 is 5.40. The van der Waals surface area contributed by atoms with Gasteiger partial charge in [0, 0.05) is 22.4 Å². The lowest BCUT2D eigenvalue weighted by molar-refractivity contribution is 0.0996. The summed E-state index contributed by atoms with van der Waals surface area (Å²) in [4.78, 5) is 31.0. The summed E-state index contributed by atoms with van der Waals surface area (Å²) in [5.74, 6) is 0.509. The molecule has 1 aliphatic rings. The van der Waals surface area contributed by atoms with Crippen LogP contribution in [0.5, 0.6) is 5.75 Å². The maximum Gasteiger partial charge on any atom is 0.255 e. The van der Waals surface area contributed by atoms with E-state index in [1.165, 1.54) is 11.1 Å². The van der Waals surface area contributed by atoms with Gasteiger partial charge < -0.3 is 10.1 Å². The van der Waals surface area contributed by atoms with Crippen molar-refractivity contribution in [1.82, 2.24) is 0 Å². The third-order valence-electron chi connectivity index (χ3n) is 6.49. The number of rotatable bonds is 9. The maximum absolute atomic E-state index is 13.3. The summed E-state index contributed by atoms with van der Waals surface area (Å²) in [7, 11) is 1.64. The molecular formula is C31H34N2O3. The number of hydrogen-bond donors (Lipinski definition) is 1. The van der Waals surface area contributed by atoms with Crippen molar-refractivity contribution in [3.8, 4) is 5.75 Å². The van der Waals surface area contributed by atoms with Crippen LogP contribution in [0.2, 0.25) is 0 Å². The number of unbranched alkanes of at least 4 members (excludes halogenated alkanes) is 1. The van der Waals surface area contributed by atoms with E-state index in [-0.39, 0.29) is 23.7 Å². The smallest absolute Gasteiger partial charge is 0.255 e. The Balaban J connectivity index is 1.49. The Morgan fingerprint density at radius 2 is 1.78 bits per heavy atom. The minimum absolute atomic E-state index is 0.0448. The molecule has 0 bridgehead atoms. The largest absolute Gasteiger partial charge is 0.497 e. The molecule has 4 rings (SSSR count). The van der Waals surface area contributed by atoms with Crippen molar-refractivity contribution in [3.05, 3.63) is 94.5 Å². The lowest BCUT2D eigenvalue weighted by Crippen LogP contribution is -2.30. The van der Waals surface area contributed by atoms with Crippen LogP contribution in [0.25, 0.3) is 0 Å². The fourth-order valence-corrected chi connectivity index (χ4v) is 4.60. The zero-order chi connectivity index (χ0) is 25.7. The Labute approximate surface area is 213 Å². The molecule has 3 aromatic rings. The van der Waals surface area contributed by atoms with Gasteiger partial charge in [0.1, 0.15) is 5.75 Å². The molecule has 0 saturated carbocycles. The molecule has 0 fully saturated rings. The van der Waals surface area contributed by atoms with E-state index in [1.54, 1.807) is 31.4 Å². The zero-order valence-electron chi connectivity index (χ0n) is 21.6. The van der Waals surface area contributed by atoms with E-state index in [4.69, 9.17) is 9.73 Å². The second-order valence-corrected chi connectivity index (χ2v) is 10.0. The van der Waals surface area contributed by atoms with Gasteiger partial charge in [-0.25, -0.2) is 0 Å². The molecule has 0 spiro atoms. The highest BCUT2D eigenvalue weighted by atomic mass is 16.5. The molecule has 1 N–H and O–H groups in total. The third kappa shape index (κ3) is 6.09. The molecule has 0 aromatic heterocycles. The minimum Gasteiger partial charge on any atom is -0.497 e. The number of fused-ring (bicyclic) bond motifs is 1. The molecule has 186 valence electrons. The van der Waals surface area contributed by atoms with Crippen LogP contribution in [0, 0.1) is 0 Å². The highest BCUT2D eigenvalue weighted by molar-refractivity contribution is 6.17. The maximum atomic E-state index is 13.3. The minimum atomic E-state index is -0.279. The summed E-state index contributed by atoms with van der Waals surface area (Å²) >= 11 is 0. The highest BCUT2D eigenvalue weighted by Gasteiger charge is 2.28. The fourth-order valence-electron chi connectivity index (χ4n) is 4.60. The van der Waals surface area contributed by atoms with Gasteiger partial charge in [-0.1, -0.05) is 43.7 Å². The molecule has 5 heteroatoms. The lowest BCUT2D eigenvalue weighted by atomic mass is 9.85. The van der Waals surface area contributed by atoms with E-state index in [9.17, 15) is 9.59 Å². The number of nitrogens with zero attached hydrogens (tertiary/aromatic N) is 1. The van der Waals surface area contributed by atoms with Gasteiger partial charge in [-0.05, 0) is 80.6 Å². The number of anilines is 1. The van der Waals surface area contributed by atoms with Gasteiger partial charge in [0.25, 0.3) is 5.91 Å². The average molecular weight is 483 g/mol. The third-order valence-corrected chi connectivity index (χ3v) is 6.49. The van der Waals surface area contributed by atoms with E-state index < -0.39 is 0 Å². The molecule has 0 saturated heterocycles. The SMILES string of the molecule is CCCCc1ccc(C(=O)Nc2cccc(C(=O)CC3=NC(C)(C)Cc4ccc(OC)cc43)c2)cc1. The first-order chi connectivity index (χ1) is 17.3. The second-order valence-electron chi connectivity index (χ2n) is 10.0. The molecule has 0 radical (unpaired) electrons. The number of carbonyl (C=O) groups is 2. The van der Waals surface area contributed by atoms with Crippen LogP contribution in [0.15, 0.2) is 71.7 Å². The second kappa shape index (κ2) is 10.9. The molecule has 1 heterocycles. The summed E-state index contributed by atoms with van der Waals surface area (Å²) in [6, 6.07) is 20.8. The Kier molecular flexibility index (Phi) is 7.68. The van der Waals surface area contributed by atoms with Crippen LogP contribution in [0.4, 0.5) is 5.69 Å². The highest BCUT2D eigenvalue weighted by Crippen LogP contribution is 2.31. The van der Waals surface area contributed by atoms with Crippen LogP contribution in [0.1, 0.15) is 77.4 Å². The van der Waals surface area contributed by atoms with E-state index in [0.717, 1.165) is 42.7 Å². The van der Waals surface area contributed by atoms with Crippen LogP contribution in [-0.2, 0) is 12.8 Å². The number of ether oxygens (including phenoxy) is 1. The van der Waals surface area contributed by atoms with Crippen molar-refractivity contribution in [2.45, 2.75) is 58.4 Å². The molecule has 5 nitrogen and oxygen atoms in total. The van der Waals surface area contributed by atoms with Crippen molar-refractivity contribution < 1.29 is 14.3 Å². The molecular weight excluding hydrogens is 448 g/mol. The summed E-state index contributed by atoms with van der Waals surface area (Å²) in [6.45, 7) is 6.33. The molecule has 1 aliphatic heterocycles. The number of aliphatic imine (C=N–C) groups is 1. The van der Waals surface area contributed by atoms with Crippen LogP contribution >= 0.6 is 0 Å². The van der Waals surface area contributed by atoms with E-state index in [0.29, 0.717) is 16.8 Å². The van der Waals surface area contributed by atoms with Crippen molar-refractivity contribution in [2.75, 3.05) is 12.4 Å². The Morgan fingerprint density at radius 1 is 1.00 bits per heavy atom. The number of nitrogens with one attached hydrogen (secondary N) is 1. The molecule has 3 aromatic carbocycles. The number of methoxy groups -OCH3 is 1. The van der Waals surface area contributed by atoms with Gasteiger partial charge in [0.05, 0.1) is 24.8 Å². The monoisotopic (exact) mass is 482 g/mol. The normalized spacial score (nSPS) is 13.9. The van der Waals surface area contributed by atoms with E-state index in [1.807, 2.05) is 36.4 Å². The first-order valence-corrected chi connectivity index (χ1v) is 12.6. The number of aryl methyl sites for hydroxylation is 1. The van der Waals surface area contributed by atoms with Gasteiger partial charge >= 0.3 is 0 Å². The average Bonchev–Trinajstić information content (AvgIpc) is 2.87. The Morgan fingerprint density at radius 3 is 2.50 bits per heavy atom. The molecule has 36 heavy (non-hydrogen) atoms. The molecule has 1 amide bonds. The van der Waals surface area contributed by atoms with Crippen LogP contribution < -0.4 is 10.1 Å². The number of carbonyl (C=O) groups excluding carboxylic acids is 2. The van der Waals surface area contributed by atoms with Crippen LogP contribution in [0.3, 0.4) is 0 Å². The van der Waals surface area contributed by atoms with Gasteiger partial charge in [-0.2, -0.15) is 0 Å². The number of benzene rings is 3. The van der Waals surface area contributed by atoms with E-state index >= 15 is 0 Å². The molecule has 0 aliphatic carbocycles. The topological polar surface area (TPSA) is 67.8 Å². The summed E-state index contributed by atoms with van der Waals surface area (Å²) in [5, 5.41) is 2.93. The standard InChI is InChI=1S/C31H34N2O3/c1-5-6-8-21-11-13-22(14-12-21)30(35)32-25-10-7-9-23(17-25)29(34)19-28-27-18-26(36-4)16-15-24(27)20-31(2,3)33-28/h7,9-18H,5-6,8,19-20H2,1-4H3,(H,32,35). The summed E-state index contributed by atoms with van der Waals surface area (Å²) in [5.41, 5.74) is 5.58. The molecule has 0 unspecified atom stereocenters. The Bertz CT molecular complexity index is 1290. The number of ketones is 1.